The molecule has 1 amide bonds. The predicted molar refractivity (Wildman–Crippen MR) is 79.6 cm³/mol. The molecular formula is C12H13IN4O. The van der Waals surface area contributed by atoms with Crippen LogP contribution in [0.15, 0.2) is 18.2 Å². The quantitative estimate of drug-likeness (QED) is 0.723. The number of anilines is 2. The van der Waals surface area contributed by atoms with Crippen molar-refractivity contribution in [1.82, 2.24) is 10.2 Å². The highest BCUT2D eigenvalue weighted by Gasteiger charge is 2.17. The van der Waals surface area contributed by atoms with Gasteiger partial charge in [0.15, 0.2) is 5.82 Å². The first-order valence-electron chi connectivity index (χ1n) is 5.37. The van der Waals surface area contributed by atoms with Gasteiger partial charge < -0.3 is 11.1 Å². The van der Waals surface area contributed by atoms with Crippen molar-refractivity contribution in [2.24, 2.45) is 0 Å². The first-order chi connectivity index (χ1) is 8.50. The zero-order valence-corrected chi connectivity index (χ0v) is 12.2. The van der Waals surface area contributed by atoms with Gasteiger partial charge in [-0.3, -0.25) is 9.89 Å². The topological polar surface area (TPSA) is 83.8 Å². The normalized spacial score (nSPS) is 10.4. The highest BCUT2D eigenvalue weighted by molar-refractivity contribution is 14.1. The van der Waals surface area contributed by atoms with Crippen molar-refractivity contribution in [2.45, 2.75) is 13.8 Å². The summed E-state index contributed by atoms with van der Waals surface area (Å²) in [5.41, 5.74) is 8.53. The minimum Gasteiger partial charge on any atom is -0.382 e. The molecule has 1 heterocycles. The number of nitrogens with one attached hydrogen (secondary N) is 2. The molecule has 94 valence electrons. The van der Waals surface area contributed by atoms with Crippen LogP contribution in [0.4, 0.5) is 11.5 Å². The SMILES string of the molecule is Cc1[nH]nc(N)c1C(=O)Nc1cccc(I)c1C. The summed E-state index contributed by atoms with van der Waals surface area (Å²) >= 11 is 2.23. The van der Waals surface area contributed by atoms with Crippen molar-refractivity contribution in [3.63, 3.8) is 0 Å². The summed E-state index contributed by atoms with van der Waals surface area (Å²) in [6.45, 7) is 3.73. The van der Waals surface area contributed by atoms with Crippen molar-refractivity contribution in [3.05, 3.63) is 38.6 Å². The Morgan fingerprint density at radius 3 is 2.78 bits per heavy atom. The Bertz CT molecular complexity index is 587. The maximum absolute atomic E-state index is 12.1. The molecule has 1 aromatic heterocycles. The molecule has 0 aliphatic heterocycles. The number of amides is 1. The van der Waals surface area contributed by atoms with Gasteiger partial charge in [0.1, 0.15) is 5.56 Å². The lowest BCUT2D eigenvalue weighted by atomic mass is 10.1. The van der Waals surface area contributed by atoms with E-state index in [1.54, 1.807) is 6.92 Å². The Labute approximate surface area is 118 Å². The van der Waals surface area contributed by atoms with E-state index in [2.05, 4.69) is 38.1 Å². The monoisotopic (exact) mass is 356 g/mol. The predicted octanol–water partition coefficient (Wildman–Crippen LogP) is 2.47. The number of carbonyl (C=O) groups is 1. The van der Waals surface area contributed by atoms with Crippen LogP contribution in [0.2, 0.25) is 0 Å². The zero-order chi connectivity index (χ0) is 13.3. The molecule has 2 rings (SSSR count). The molecule has 0 atom stereocenters. The minimum absolute atomic E-state index is 0.216. The van der Waals surface area contributed by atoms with Crippen LogP contribution in [0.5, 0.6) is 0 Å². The molecule has 5 nitrogen and oxygen atoms in total. The lowest BCUT2D eigenvalue weighted by molar-refractivity contribution is 0.102. The van der Waals surface area contributed by atoms with Crippen molar-refractivity contribution >= 4 is 40.0 Å². The Hall–Kier alpha value is -1.57. The standard InChI is InChI=1S/C12H13IN4O/c1-6-8(13)4-3-5-9(6)15-12(18)10-7(2)16-17-11(10)14/h3-5H,1-2H3,(H,15,18)(H3,14,16,17). The molecule has 0 saturated carbocycles. The molecule has 0 fully saturated rings. The van der Waals surface area contributed by atoms with Gasteiger partial charge in [-0.15, -0.1) is 0 Å². The molecule has 0 spiro atoms. The summed E-state index contributed by atoms with van der Waals surface area (Å²) in [7, 11) is 0. The molecule has 0 saturated heterocycles. The maximum atomic E-state index is 12.1. The van der Waals surface area contributed by atoms with Crippen LogP contribution in [0, 0.1) is 17.4 Å². The molecule has 18 heavy (non-hydrogen) atoms. The fraction of sp³-hybridized carbons (Fsp3) is 0.167. The fourth-order valence-electron chi connectivity index (χ4n) is 1.66. The molecule has 0 aliphatic carbocycles. The zero-order valence-electron chi connectivity index (χ0n) is 10.0. The lowest BCUT2D eigenvalue weighted by Gasteiger charge is -2.09. The van der Waals surface area contributed by atoms with Crippen LogP contribution in [-0.2, 0) is 0 Å². The average molecular weight is 356 g/mol. The first kappa shape index (κ1) is 12.9. The third-order valence-corrected chi connectivity index (χ3v) is 3.89. The van der Waals surface area contributed by atoms with Crippen molar-refractivity contribution in [3.8, 4) is 0 Å². The highest BCUT2D eigenvalue weighted by Crippen LogP contribution is 2.22. The molecule has 0 unspecified atom stereocenters. The summed E-state index contributed by atoms with van der Waals surface area (Å²) < 4.78 is 1.10. The van der Waals surface area contributed by atoms with Gasteiger partial charge in [-0.1, -0.05) is 6.07 Å². The first-order valence-corrected chi connectivity index (χ1v) is 6.45. The smallest absolute Gasteiger partial charge is 0.261 e. The molecule has 2 aromatic rings. The third-order valence-electron chi connectivity index (χ3n) is 2.72. The number of aromatic nitrogens is 2. The van der Waals surface area contributed by atoms with E-state index in [0.717, 1.165) is 14.8 Å². The number of H-pyrrole nitrogens is 1. The van der Waals surface area contributed by atoms with E-state index in [0.29, 0.717) is 11.3 Å². The Morgan fingerprint density at radius 2 is 2.17 bits per heavy atom. The van der Waals surface area contributed by atoms with Gasteiger partial charge in [0.05, 0.1) is 0 Å². The van der Waals surface area contributed by atoms with E-state index in [1.165, 1.54) is 0 Å². The minimum atomic E-state index is -0.246. The third kappa shape index (κ3) is 2.33. The van der Waals surface area contributed by atoms with Crippen LogP contribution in [0.1, 0.15) is 21.6 Å². The van der Waals surface area contributed by atoms with Crippen LogP contribution in [0.3, 0.4) is 0 Å². The van der Waals surface area contributed by atoms with E-state index < -0.39 is 0 Å². The number of aryl methyl sites for hydroxylation is 1. The largest absolute Gasteiger partial charge is 0.382 e. The summed E-state index contributed by atoms with van der Waals surface area (Å²) in [5, 5.41) is 9.35. The van der Waals surface area contributed by atoms with E-state index in [-0.39, 0.29) is 11.7 Å². The van der Waals surface area contributed by atoms with Crippen LogP contribution in [-0.4, -0.2) is 16.1 Å². The fourth-order valence-corrected chi connectivity index (χ4v) is 2.16. The van der Waals surface area contributed by atoms with Crippen molar-refractivity contribution in [1.29, 1.82) is 0 Å². The van der Waals surface area contributed by atoms with Crippen molar-refractivity contribution in [2.75, 3.05) is 11.1 Å². The van der Waals surface area contributed by atoms with Crippen LogP contribution < -0.4 is 11.1 Å². The number of carbonyl (C=O) groups excluding carboxylic acids is 1. The second-order valence-corrected chi connectivity index (χ2v) is 5.14. The van der Waals surface area contributed by atoms with E-state index in [1.807, 2.05) is 25.1 Å². The lowest BCUT2D eigenvalue weighted by Crippen LogP contribution is -2.15. The van der Waals surface area contributed by atoms with Gasteiger partial charge in [-0.2, -0.15) is 5.10 Å². The Morgan fingerprint density at radius 1 is 1.44 bits per heavy atom. The number of rotatable bonds is 2. The summed E-state index contributed by atoms with van der Waals surface area (Å²) in [5.74, 6) is -0.0304. The number of hydrogen-bond acceptors (Lipinski definition) is 3. The molecular weight excluding hydrogens is 343 g/mol. The summed E-state index contributed by atoms with van der Waals surface area (Å²) in [6.07, 6.45) is 0. The van der Waals surface area contributed by atoms with E-state index in [9.17, 15) is 4.79 Å². The molecule has 0 aliphatic rings. The van der Waals surface area contributed by atoms with Gasteiger partial charge >= 0.3 is 0 Å². The van der Waals surface area contributed by atoms with E-state index in [4.69, 9.17) is 5.73 Å². The number of nitrogens with two attached hydrogens (primary N) is 1. The van der Waals surface area contributed by atoms with Gasteiger partial charge in [0.2, 0.25) is 0 Å². The van der Waals surface area contributed by atoms with Crippen LogP contribution >= 0.6 is 22.6 Å². The second-order valence-electron chi connectivity index (χ2n) is 3.98. The maximum Gasteiger partial charge on any atom is 0.261 e. The Balaban J connectivity index is 2.30. The van der Waals surface area contributed by atoms with Crippen LogP contribution in [0.25, 0.3) is 0 Å². The summed E-state index contributed by atoms with van der Waals surface area (Å²) in [4.78, 5) is 12.1. The molecule has 4 N–H and O–H groups in total. The number of benzene rings is 1. The number of nitrogen functional groups attached to an aromatic ring is 1. The molecule has 1 aromatic carbocycles. The van der Waals surface area contributed by atoms with Gasteiger partial charge in [-0.05, 0) is 54.1 Å². The summed E-state index contributed by atoms with van der Waals surface area (Å²) in [6, 6.07) is 5.75. The molecule has 0 radical (unpaired) electrons. The van der Waals surface area contributed by atoms with Gasteiger partial charge in [0, 0.05) is 15.0 Å². The number of nitrogens with zero attached hydrogens (tertiary/aromatic N) is 1. The van der Waals surface area contributed by atoms with Gasteiger partial charge in [0.25, 0.3) is 5.91 Å². The van der Waals surface area contributed by atoms with Gasteiger partial charge in [-0.25, -0.2) is 0 Å². The van der Waals surface area contributed by atoms with Crippen molar-refractivity contribution < 1.29 is 4.79 Å². The van der Waals surface area contributed by atoms with E-state index >= 15 is 0 Å². The Kier molecular flexibility index (Phi) is 3.55. The number of halogens is 1. The molecule has 0 bridgehead atoms. The number of hydrogen-bond donors (Lipinski definition) is 3. The number of aromatic amines is 1. The average Bonchev–Trinajstić information content (AvgIpc) is 2.65. The second kappa shape index (κ2) is 4.97. The highest BCUT2D eigenvalue weighted by atomic mass is 127. The molecule has 6 heteroatoms.